The van der Waals surface area contributed by atoms with Gasteiger partial charge in [0.2, 0.25) is 5.16 Å². The maximum Gasteiger partial charge on any atom is 0.341 e. The van der Waals surface area contributed by atoms with Gasteiger partial charge in [0, 0.05) is 15.3 Å². The summed E-state index contributed by atoms with van der Waals surface area (Å²) in [7, 11) is 0. The largest absolute Gasteiger partial charge is 0.481 e. The highest BCUT2D eigenvalue weighted by Crippen LogP contribution is 2.35. The van der Waals surface area contributed by atoms with Crippen molar-refractivity contribution in [1.82, 2.24) is 10.1 Å². The summed E-state index contributed by atoms with van der Waals surface area (Å²) in [6.45, 7) is 1.70. The Balaban J connectivity index is 1.77. The van der Waals surface area contributed by atoms with Crippen LogP contribution in [0.2, 0.25) is 0 Å². The van der Waals surface area contributed by atoms with Crippen LogP contribution in [-0.2, 0) is 4.79 Å². The van der Waals surface area contributed by atoms with E-state index in [9.17, 15) is 9.59 Å². The molecule has 8 nitrogen and oxygen atoms in total. The summed E-state index contributed by atoms with van der Waals surface area (Å²) < 4.78 is 8.05. The van der Waals surface area contributed by atoms with Gasteiger partial charge >= 0.3 is 17.2 Å². The number of para-hydroxylation sites is 1. The van der Waals surface area contributed by atoms with Crippen LogP contribution < -0.4 is 20.3 Å². The molecule has 0 saturated carbocycles. The van der Waals surface area contributed by atoms with Crippen molar-refractivity contribution >= 4 is 39.3 Å². The fraction of sp³-hybridized carbons (Fsp3) is 0.333. The van der Waals surface area contributed by atoms with E-state index in [1.54, 1.807) is 16.8 Å². The number of hydrogen-bond donors (Lipinski definition) is 3. The molecule has 0 radical (unpaired) electrons. The molecule has 4 rings (SSSR count). The maximum atomic E-state index is 13.3. The number of unbranched alkanes of at least 4 members (excludes halogenated alkanes) is 3. The third-order valence-electron chi connectivity index (χ3n) is 5.44. The fourth-order valence-electron chi connectivity index (χ4n) is 3.87. The zero-order chi connectivity index (χ0) is 24.1. The van der Waals surface area contributed by atoms with Crippen LogP contribution in [0.4, 0.5) is 5.69 Å². The van der Waals surface area contributed by atoms with E-state index in [1.165, 1.54) is 24.6 Å². The van der Waals surface area contributed by atoms with Crippen molar-refractivity contribution in [3.63, 3.8) is 0 Å². The van der Waals surface area contributed by atoms with Gasteiger partial charge in [-0.05, 0) is 41.4 Å². The number of thioether (sulfide) groups is 1. The molecular formula is C24H26BrN4O4S+. The Morgan fingerprint density at radius 3 is 2.85 bits per heavy atom. The second-order valence-electron chi connectivity index (χ2n) is 7.92. The predicted molar refractivity (Wildman–Crippen MR) is 134 cm³/mol. The molecule has 3 aromatic rings. The number of H-pyrrole nitrogens is 1. The zero-order valence-electron chi connectivity index (χ0n) is 18.7. The van der Waals surface area contributed by atoms with Crippen molar-refractivity contribution in [3.8, 4) is 17.0 Å². The van der Waals surface area contributed by atoms with Crippen LogP contribution in [0.25, 0.3) is 11.3 Å². The Bertz CT molecular complexity index is 1250. The summed E-state index contributed by atoms with van der Waals surface area (Å²) in [4.78, 5) is 27.3. The fourth-order valence-corrected chi connectivity index (χ4v) is 5.10. The van der Waals surface area contributed by atoms with E-state index >= 15 is 0 Å². The zero-order valence-corrected chi connectivity index (χ0v) is 21.1. The Morgan fingerprint density at radius 2 is 2.06 bits per heavy atom. The molecule has 0 fully saturated rings. The van der Waals surface area contributed by atoms with Gasteiger partial charge in [-0.25, -0.2) is 4.79 Å². The number of carbonyl (C=O) groups is 1. The lowest BCUT2D eigenvalue weighted by Gasteiger charge is -2.23. The molecule has 0 bridgehead atoms. The molecule has 0 aliphatic carbocycles. The molecule has 34 heavy (non-hydrogen) atoms. The normalized spacial score (nSPS) is 14.1. The van der Waals surface area contributed by atoms with Crippen LogP contribution in [0, 0.1) is 0 Å². The van der Waals surface area contributed by atoms with Crippen molar-refractivity contribution in [2.75, 3.05) is 17.7 Å². The summed E-state index contributed by atoms with van der Waals surface area (Å²) in [5, 5.41) is 17.9. The highest BCUT2D eigenvalue weighted by Gasteiger charge is 2.39. The highest BCUT2D eigenvalue weighted by molar-refractivity contribution is 9.10. The molecule has 0 unspecified atom stereocenters. The van der Waals surface area contributed by atoms with Gasteiger partial charge in [0.15, 0.2) is 6.61 Å². The van der Waals surface area contributed by atoms with E-state index in [-0.39, 0.29) is 5.56 Å². The van der Waals surface area contributed by atoms with E-state index in [0.29, 0.717) is 22.2 Å². The van der Waals surface area contributed by atoms with E-state index in [1.807, 2.05) is 30.3 Å². The lowest BCUT2D eigenvalue weighted by Crippen LogP contribution is -2.55. The molecule has 0 saturated heterocycles. The molecule has 0 amide bonds. The highest BCUT2D eigenvalue weighted by atomic mass is 79.9. The van der Waals surface area contributed by atoms with Crippen LogP contribution in [0.5, 0.6) is 5.75 Å². The average Bonchev–Trinajstić information content (AvgIpc) is 2.82. The minimum Gasteiger partial charge on any atom is -0.481 e. The van der Waals surface area contributed by atoms with Crippen molar-refractivity contribution in [2.24, 2.45) is 0 Å². The number of halogens is 1. The van der Waals surface area contributed by atoms with E-state index in [2.05, 4.69) is 33.2 Å². The molecule has 2 aromatic carbocycles. The van der Waals surface area contributed by atoms with Gasteiger partial charge in [0.1, 0.15) is 5.75 Å². The first-order valence-electron chi connectivity index (χ1n) is 11.2. The lowest BCUT2D eigenvalue weighted by atomic mass is 10.0. The van der Waals surface area contributed by atoms with Gasteiger partial charge in [-0.1, -0.05) is 66.0 Å². The first-order valence-corrected chi connectivity index (χ1v) is 12.9. The number of aromatic nitrogens is 3. The molecule has 1 aliphatic heterocycles. The lowest BCUT2D eigenvalue weighted by molar-refractivity contribution is -0.759. The molecule has 1 atom stereocenters. The van der Waals surface area contributed by atoms with Gasteiger partial charge < -0.3 is 15.2 Å². The first-order chi connectivity index (χ1) is 16.5. The number of carboxylic acids is 1. The molecule has 1 aromatic heterocycles. The minimum absolute atomic E-state index is 0.229. The standard InChI is InChI=1S/C24H25BrN4O4S/c1-2-3-4-7-12-34-24-27-23(32)21-16-8-5-6-9-18(16)26-22(29(21)28-24)17-13-15(25)10-11-19(17)33-14-20(30)31/h5-6,8-11,13,22H,2-4,7,12,14H2,1H3,(H2,27,28,30,31,32)/p+1/t22-/m1/s1. The van der Waals surface area contributed by atoms with Crippen LogP contribution in [0.15, 0.2) is 56.9 Å². The number of hydrogen-bond acceptors (Lipinski definition) is 6. The van der Waals surface area contributed by atoms with E-state index in [0.717, 1.165) is 34.3 Å². The SMILES string of the molecule is CCCCCCSc1n[n+]2c(c(=O)[nH]1)-c1ccccc1N[C@H]2c1cc(Br)ccc1OCC(=O)O. The number of rotatable bonds is 10. The summed E-state index contributed by atoms with van der Waals surface area (Å²) in [6, 6.07) is 12.9. The average molecular weight is 546 g/mol. The summed E-state index contributed by atoms with van der Waals surface area (Å²) >= 11 is 5.02. The second-order valence-corrected chi connectivity index (χ2v) is 9.92. The molecule has 3 N–H and O–H groups in total. The Labute approximate surface area is 209 Å². The van der Waals surface area contributed by atoms with Crippen molar-refractivity contribution in [3.05, 3.63) is 62.9 Å². The molecule has 2 heterocycles. The van der Waals surface area contributed by atoms with Crippen LogP contribution in [0.1, 0.15) is 44.3 Å². The molecule has 10 heteroatoms. The van der Waals surface area contributed by atoms with E-state index < -0.39 is 18.7 Å². The summed E-state index contributed by atoms with van der Waals surface area (Å²) in [6.07, 6.45) is 3.97. The van der Waals surface area contributed by atoms with Gasteiger partial charge in [0.05, 0.1) is 16.8 Å². The Hall–Kier alpha value is -2.85. The number of aliphatic carboxylic acids is 1. The quantitative estimate of drug-likeness (QED) is 0.194. The second kappa shape index (κ2) is 11.1. The molecular weight excluding hydrogens is 520 g/mol. The predicted octanol–water partition coefficient (Wildman–Crippen LogP) is 4.60. The number of anilines is 1. The molecule has 0 spiro atoms. The Kier molecular flexibility index (Phi) is 7.89. The number of nitrogens with one attached hydrogen (secondary N) is 2. The van der Waals surface area contributed by atoms with Gasteiger partial charge in [-0.2, -0.15) is 0 Å². The van der Waals surface area contributed by atoms with Crippen LogP contribution in [0.3, 0.4) is 0 Å². The number of fused-ring (bicyclic) bond motifs is 3. The minimum atomic E-state index is -1.07. The van der Waals surface area contributed by atoms with Gasteiger partial charge in [0.25, 0.3) is 6.17 Å². The number of nitrogens with zero attached hydrogens (tertiary/aromatic N) is 2. The number of ether oxygens (including phenoxy) is 1. The van der Waals surface area contributed by atoms with Crippen molar-refractivity contribution < 1.29 is 19.3 Å². The number of carboxylic acid groups (broad SMARTS) is 1. The number of benzene rings is 2. The number of aromatic amines is 1. The molecule has 1 aliphatic rings. The third-order valence-corrected chi connectivity index (χ3v) is 6.88. The van der Waals surface area contributed by atoms with Gasteiger partial charge in [-0.3, -0.25) is 9.78 Å². The maximum absolute atomic E-state index is 13.3. The van der Waals surface area contributed by atoms with Crippen molar-refractivity contribution in [1.29, 1.82) is 0 Å². The third kappa shape index (κ3) is 5.44. The topological polar surface area (TPSA) is 108 Å². The monoisotopic (exact) mass is 545 g/mol. The first kappa shape index (κ1) is 24.3. The summed E-state index contributed by atoms with van der Waals surface area (Å²) in [5.74, 6) is 0.192. The molecule has 178 valence electrons. The van der Waals surface area contributed by atoms with Crippen LogP contribution in [-0.4, -0.2) is 33.5 Å². The smallest absolute Gasteiger partial charge is 0.341 e. The van der Waals surface area contributed by atoms with Crippen LogP contribution >= 0.6 is 27.7 Å². The summed E-state index contributed by atoms with van der Waals surface area (Å²) in [5.41, 5.74) is 2.39. The Morgan fingerprint density at radius 1 is 1.24 bits per heavy atom. The van der Waals surface area contributed by atoms with Gasteiger partial charge in [-0.15, -0.1) is 0 Å². The van der Waals surface area contributed by atoms with E-state index in [4.69, 9.17) is 14.9 Å². The van der Waals surface area contributed by atoms with Crippen molar-refractivity contribution in [2.45, 2.75) is 43.9 Å².